The first-order chi connectivity index (χ1) is 15.6. The van der Waals surface area contributed by atoms with E-state index in [1.807, 2.05) is 18.2 Å². The number of nitrogens with zero attached hydrogens (tertiary/aromatic N) is 3. The molecule has 4 rings (SSSR count). The second-order valence-electron chi connectivity index (χ2n) is 9.02. The second-order valence-corrected chi connectivity index (χ2v) is 17.2. The average molecular weight is 549 g/mol. The zero-order valence-electron chi connectivity index (χ0n) is 18.6. The van der Waals surface area contributed by atoms with E-state index in [1.165, 1.54) is 16.5 Å². The number of aromatic nitrogens is 3. The standard InChI is InChI=1S/C23H26BrN3O4SSi/c1-33(2,3)22(14-31-16-26-13-23(28)25-15-26)20-12-27(21-10-9-17(24)11-19(20)21)32(29,30)18-7-5-4-6-8-18/h4-13,15,22,28H,14,16H2,1-3H3. The molecule has 2 aromatic carbocycles. The van der Waals surface area contributed by atoms with Crippen molar-refractivity contribution in [3.8, 4) is 5.88 Å². The van der Waals surface area contributed by atoms with Crippen molar-refractivity contribution in [1.82, 2.24) is 13.5 Å². The number of halogens is 1. The lowest BCUT2D eigenvalue weighted by molar-refractivity contribution is 0.0755. The smallest absolute Gasteiger partial charge is 0.268 e. The topological polar surface area (TPSA) is 86.3 Å². The monoisotopic (exact) mass is 547 g/mol. The molecule has 0 bridgehead atoms. The summed E-state index contributed by atoms with van der Waals surface area (Å²) in [6, 6.07) is 14.1. The van der Waals surface area contributed by atoms with Crippen LogP contribution in [-0.2, 0) is 21.5 Å². The van der Waals surface area contributed by atoms with E-state index in [0.29, 0.717) is 12.1 Å². The van der Waals surface area contributed by atoms with E-state index in [1.54, 1.807) is 41.1 Å². The molecule has 10 heteroatoms. The maximum atomic E-state index is 13.5. The third-order valence-electron chi connectivity index (χ3n) is 5.63. The summed E-state index contributed by atoms with van der Waals surface area (Å²) in [7, 11) is -5.60. The largest absolute Gasteiger partial charge is 0.492 e. The number of hydrogen-bond donors (Lipinski definition) is 1. The Morgan fingerprint density at radius 2 is 1.85 bits per heavy atom. The van der Waals surface area contributed by atoms with Crippen molar-refractivity contribution in [1.29, 1.82) is 0 Å². The lowest BCUT2D eigenvalue weighted by Gasteiger charge is -2.29. The maximum Gasteiger partial charge on any atom is 0.268 e. The van der Waals surface area contributed by atoms with E-state index in [2.05, 4.69) is 40.6 Å². The van der Waals surface area contributed by atoms with Crippen molar-refractivity contribution in [2.45, 2.75) is 36.8 Å². The van der Waals surface area contributed by atoms with E-state index >= 15 is 0 Å². The zero-order valence-corrected chi connectivity index (χ0v) is 22.0. The summed E-state index contributed by atoms with van der Waals surface area (Å²) in [4.78, 5) is 4.05. The molecule has 0 aliphatic carbocycles. The summed E-state index contributed by atoms with van der Waals surface area (Å²) >= 11 is 3.54. The van der Waals surface area contributed by atoms with Gasteiger partial charge in [-0.25, -0.2) is 17.4 Å². The third-order valence-corrected chi connectivity index (χ3v) is 10.4. The predicted octanol–water partition coefficient (Wildman–Crippen LogP) is 5.18. The number of hydrogen-bond acceptors (Lipinski definition) is 5. The SMILES string of the molecule is C[Si](C)(C)C(COCn1cnc(O)c1)c1cn(S(=O)(=O)c2ccccc2)c2ccc(Br)cc12. The van der Waals surface area contributed by atoms with Crippen LogP contribution in [0.15, 0.2) is 76.6 Å². The van der Waals surface area contributed by atoms with Gasteiger partial charge in [-0.15, -0.1) is 0 Å². The van der Waals surface area contributed by atoms with Crippen LogP contribution in [-0.4, -0.2) is 41.7 Å². The molecular formula is C23H26BrN3O4SSi. The molecule has 0 saturated heterocycles. The normalized spacial score (nSPS) is 13.5. The Morgan fingerprint density at radius 1 is 1.12 bits per heavy atom. The molecule has 0 fully saturated rings. The van der Waals surface area contributed by atoms with Gasteiger partial charge in [-0.3, -0.25) is 0 Å². The van der Waals surface area contributed by atoms with Gasteiger partial charge >= 0.3 is 0 Å². The maximum absolute atomic E-state index is 13.5. The van der Waals surface area contributed by atoms with Gasteiger partial charge < -0.3 is 14.4 Å². The minimum atomic E-state index is -3.76. The number of aromatic hydroxyl groups is 1. The fraction of sp³-hybridized carbons (Fsp3) is 0.261. The predicted molar refractivity (Wildman–Crippen MR) is 135 cm³/mol. The lowest BCUT2D eigenvalue weighted by atomic mass is 10.1. The average Bonchev–Trinajstić information content (AvgIpc) is 3.34. The van der Waals surface area contributed by atoms with Gasteiger partial charge in [0.05, 0.1) is 31.3 Å². The highest BCUT2D eigenvalue weighted by Gasteiger charge is 2.33. The summed E-state index contributed by atoms with van der Waals surface area (Å²) in [6.07, 6.45) is 4.77. The Morgan fingerprint density at radius 3 is 2.48 bits per heavy atom. The Labute approximate surface area is 202 Å². The Bertz CT molecular complexity index is 1380. The second kappa shape index (κ2) is 9.09. The fourth-order valence-electron chi connectivity index (χ4n) is 3.88. The summed E-state index contributed by atoms with van der Waals surface area (Å²) in [5.74, 6) is -0.0561. The van der Waals surface area contributed by atoms with Crippen molar-refractivity contribution >= 4 is 44.9 Å². The number of imidazole rings is 1. The van der Waals surface area contributed by atoms with Crippen molar-refractivity contribution in [3.05, 3.63) is 77.3 Å². The minimum absolute atomic E-state index is 0.0404. The lowest BCUT2D eigenvalue weighted by Crippen LogP contribution is -2.34. The molecule has 2 heterocycles. The quantitative estimate of drug-likeness (QED) is 0.307. The van der Waals surface area contributed by atoms with Crippen molar-refractivity contribution < 1.29 is 18.3 Å². The van der Waals surface area contributed by atoms with E-state index in [-0.39, 0.29) is 23.0 Å². The van der Waals surface area contributed by atoms with Crippen LogP contribution in [0.1, 0.15) is 11.1 Å². The molecule has 0 amide bonds. The van der Waals surface area contributed by atoms with Crippen LogP contribution < -0.4 is 0 Å². The minimum Gasteiger partial charge on any atom is -0.492 e. The van der Waals surface area contributed by atoms with Crippen LogP contribution in [0.3, 0.4) is 0 Å². The molecule has 4 aromatic rings. The molecule has 1 atom stereocenters. The van der Waals surface area contributed by atoms with Gasteiger partial charge in [-0.1, -0.05) is 53.8 Å². The number of ether oxygens (including phenoxy) is 1. The van der Waals surface area contributed by atoms with E-state index in [4.69, 9.17) is 4.74 Å². The van der Waals surface area contributed by atoms with E-state index in [0.717, 1.165) is 15.4 Å². The van der Waals surface area contributed by atoms with Crippen LogP contribution in [0.2, 0.25) is 19.6 Å². The Balaban J connectivity index is 1.78. The van der Waals surface area contributed by atoms with Crippen LogP contribution in [0, 0.1) is 0 Å². The molecule has 7 nitrogen and oxygen atoms in total. The number of rotatable bonds is 8. The zero-order chi connectivity index (χ0) is 23.8. The van der Waals surface area contributed by atoms with Gasteiger partial charge in [0.2, 0.25) is 5.88 Å². The first-order valence-corrected chi connectivity index (χ1v) is 16.3. The number of benzene rings is 2. The van der Waals surface area contributed by atoms with Crippen molar-refractivity contribution in [2.24, 2.45) is 0 Å². The molecular weight excluding hydrogens is 522 g/mol. The van der Waals surface area contributed by atoms with Crippen molar-refractivity contribution in [2.75, 3.05) is 6.61 Å². The summed E-state index contributed by atoms with van der Waals surface area (Å²) in [5.41, 5.74) is 1.64. The van der Waals surface area contributed by atoms with Crippen LogP contribution in [0.25, 0.3) is 10.9 Å². The van der Waals surface area contributed by atoms with Crippen LogP contribution in [0.4, 0.5) is 0 Å². The highest BCUT2D eigenvalue weighted by molar-refractivity contribution is 9.10. The molecule has 0 aliphatic heterocycles. The van der Waals surface area contributed by atoms with Gasteiger partial charge in [0.15, 0.2) is 0 Å². The molecule has 33 heavy (non-hydrogen) atoms. The van der Waals surface area contributed by atoms with Gasteiger partial charge in [0, 0.05) is 21.6 Å². The highest BCUT2D eigenvalue weighted by atomic mass is 79.9. The van der Waals surface area contributed by atoms with Gasteiger partial charge in [0.1, 0.15) is 13.1 Å². The molecule has 0 radical (unpaired) electrons. The third kappa shape index (κ3) is 4.93. The van der Waals surface area contributed by atoms with Gasteiger partial charge in [-0.05, 0) is 35.9 Å². The van der Waals surface area contributed by atoms with Crippen molar-refractivity contribution in [3.63, 3.8) is 0 Å². The van der Waals surface area contributed by atoms with Crippen LogP contribution >= 0.6 is 15.9 Å². The summed E-state index contributed by atoms with van der Waals surface area (Å²) in [6.45, 7) is 7.41. The molecule has 0 saturated carbocycles. The first kappa shape index (κ1) is 23.7. The van der Waals surface area contributed by atoms with E-state index in [9.17, 15) is 13.5 Å². The highest BCUT2D eigenvalue weighted by Crippen LogP contribution is 2.37. The fourth-order valence-corrected chi connectivity index (χ4v) is 7.42. The Kier molecular flexibility index (Phi) is 6.54. The summed E-state index contributed by atoms with van der Waals surface area (Å²) < 4.78 is 37.0. The molecule has 174 valence electrons. The molecule has 0 aliphatic rings. The van der Waals surface area contributed by atoms with Gasteiger partial charge in [-0.2, -0.15) is 0 Å². The molecule has 0 spiro atoms. The molecule has 2 aromatic heterocycles. The van der Waals surface area contributed by atoms with E-state index < -0.39 is 18.1 Å². The van der Waals surface area contributed by atoms with Gasteiger partial charge in [0.25, 0.3) is 10.0 Å². The first-order valence-electron chi connectivity index (χ1n) is 10.5. The molecule has 1 unspecified atom stereocenters. The summed E-state index contributed by atoms with van der Waals surface area (Å²) in [5, 5.41) is 10.3. The molecule has 1 N–H and O–H groups in total. The Hall–Kier alpha value is -2.40. The van der Waals surface area contributed by atoms with Crippen LogP contribution in [0.5, 0.6) is 5.88 Å². The number of fused-ring (bicyclic) bond motifs is 1.